The molecule has 0 bridgehead atoms. The molecule has 1 atom stereocenters. The van der Waals surface area contributed by atoms with Crippen LogP contribution < -0.4 is 0 Å². The monoisotopic (exact) mass is 219 g/mol. The number of carbonyl (C=O) groups excluding carboxylic acids is 2. The second-order valence-electron chi connectivity index (χ2n) is 3.00. The van der Waals surface area contributed by atoms with Crippen LogP contribution >= 0.6 is 11.8 Å². The highest BCUT2D eigenvalue weighted by atomic mass is 32.2. The minimum absolute atomic E-state index is 0.0338. The summed E-state index contributed by atoms with van der Waals surface area (Å²) in [5.74, 6) is 0.152. The van der Waals surface area contributed by atoms with Gasteiger partial charge in [-0.25, -0.2) is 0 Å². The SMILES string of the molecule is COCC(O)CN1C(=O)CSCC1=O. The fourth-order valence-electron chi connectivity index (χ4n) is 1.18. The number of ether oxygens (including phenoxy) is 1. The molecule has 0 aromatic carbocycles. The Bertz CT molecular complexity index is 217. The number of hydrogen-bond acceptors (Lipinski definition) is 5. The normalized spacial score (nSPS) is 20.0. The minimum Gasteiger partial charge on any atom is -0.389 e. The van der Waals surface area contributed by atoms with Crippen LogP contribution in [-0.2, 0) is 14.3 Å². The van der Waals surface area contributed by atoms with Crippen molar-refractivity contribution in [1.29, 1.82) is 0 Å². The largest absolute Gasteiger partial charge is 0.389 e. The Morgan fingerprint density at radius 3 is 2.57 bits per heavy atom. The van der Waals surface area contributed by atoms with Gasteiger partial charge in [-0.15, -0.1) is 11.8 Å². The molecular formula is C8H13NO4S. The lowest BCUT2D eigenvalue weighted by molar-refractivity contribution is -0.144. The van der Waals surface area contributed by atoms with Crippen molar-refractivity contribution in [2.45, 2.75) is 6.10 Å². The maximum absolute atomic E-state index is 11.3. The van der Waals surface area contributed by atoms with Crippen molar-refractivity contribution in [3.8, 4) is 0 Å². The lowest BCUT2D eigenvalue weighted by Crippen LogP contribution is -2.47. The van der Waals surface area contributed by atoms with E-state index in [0.717, 1.165) is 4.90 Å². The number of imide groups is 1. The summed E-state index contributed by atoms with van der Waals surface area (Å²) in [5.41, 5.74) is 0. The van der Waals surface area contributed by atoms with Crippen LogP contribution in [0.25, 0.3) is 0 Å². The molecule has 0 radical (unpaired) electrons. The van der Waals surface area contributed by atoms with Crippen molar-refractivity contribution in [2.75, 3.05) is 31.8 Å². The molecule has 0 aromatic heterocycles. The molecule has 1 aliphatic heterocycles. The fourth-order valence-corrected chi connectivity index (χ4v) is 1.94. The van der Waals surface area contributed by atoms with Crippen LogP contribution in [0.1, 0.15) is 0 Å². The van der Waals surface area contributed by atoms with Crippen LogP contribution in [0.4, 0.5) is 0 Å². The summed E-state index contributed by atoms with van der Waals surface area (Å²) in [5, 5.41) is 9.36. The van der Waals surface area contributed by atoms with Gasteiger partial charge >= 0.3 is 0 Å². The summed E-state index contributed by atoms with van der Waals surface area (Å²) < 4.78 is 4.71. The van der Waals surface area contributed by atoms with E-state index in [-0.39, 0.29) is 25.0 Å². The summed E-state index contributed by atoms with van der Waals surface area (Å²) >= 11 is 1.30. The van der Waals surface area contributed by atoms with Crippen molar-refractivity contribution in [3.05, 3.63) is 0 Å². The third-order valence-corrected chi connectivity index (χ3v) is 2.71. The van der Waals surface area contributed by atoms with E-state index in [4.69, 9.17) is 4.74 Å². The van der Waals surface area contributed by atoms with Crippen LogP contribution in [0, 0.1) is 0 Å². The van der Waals surface area contributed by atoms with Gasteiger partial charge < -0.3 is 9.84 Å². The van der Waals surface area contributed by atoms with Gasteiger partial charge in [0.15, 0.2) is 0 Å². The van der Waals surface area contributed by atoms with Gasteiger partial charge in [0.1, 0.15) is 0 Å². The average molecular weight is 219 g/mol. The van der Waals surface area contributed by atoms with Crippen molar-refractivity contribution < 1.29 is 19.4 Å². The van der Waals surface area contributed by atoms with Crippen LogP contribution in [0.5, 0.6) is 0 Å². The number of nitrogens with zero attached hydrogens (tertiary/aromatic N) is 1. The Hall–Kier alpha value is -0.590. The third-order valence-electron chi connectivity index (χ3n) is 1.81. The number of thioether (sulfide) groups is 1. The predicted octanol–water partition coefficient (Wildman–Crippen LogP) is -0.904. The van der Waals surface area contributed by atoms with Crippen LogP contribution in [0.2, 0.25) is 0 Å². The van der Waals surface area contributed by atoms with Gasteiger partial charge in [0, 0.05) is 7.11 Å². The molecule has 5 nitrogen and oxygen atoms in total. The highest BCUT2D eigenvalue weighted by molar-refractivity contribution is 8.00. The van der Waals surface area contributed by atoms with Crippen molar-refractivity contribution in [3.63, 3.8) is 0 Å². The smallest absolute Gasteiger partial charge is 0.239 e. The van der Waals surface area contributed by atoms with Gasteiger partial charge in [-0.2, -0.15) is 0 Å². The molecule has 1 aliphatic rings. The third kappa shape index (κ3) is 2.97. The van der Waals surface area contributed by atoms with Crippen LogP contribution in [0.3, 0.4) is 0 Å². The fraction of sp³-hybridized carbons (Fsp3) is 0.750. The topological polar surface area (TPSA) is 66.8 Å². The van der Waals surface area contributed by atoms with Crippen molar-refractivity contribution in [2.24, 2.45) is 0 Å². The number of methoxy groups -OCH3 is 1. The first-order chi connectivity index (χ1) is 6.65. The average Bonchev–Trinajstić information content (AvgIpc) is 2.12. The second-order valence-corrected chi connectivity index (χ2v) is 3.99. The molecule has 80 valence electrons. The van der Waals surface area contributed by atoms with E-state index < -0.39 is 6.10 Å². The van der Waals surface area contributed by atoms with E-state index in [1.54, 1.807) is 0 Å². The van der Waals surface area contributed by atoms with Crippen LogP contribution in [0.15, 0.2) is 0 Å². The maximum Gasteiger partial charge on any atom is 0.239 e. The molecule has 0 aliphatic carbocycles. The molecular weight excluding hydrogens is 206 g/mol. The number of β-amino-alcohol motifs (C(OH)–C–C–N with tert-alkyl or cyclic N) is 1. The number of hydrogen-bond donors (Lipinski definition) is 1. The maximum atomic E-state index is 11.3. The van der Waals surface area contributed by atoms with E-state index in [9.17, 15) is 14.7 Å². The van der Waals surface area contributed by atoms with Gasteiger partial charge in [0.05, 0.1) is 30.8 Å². The Kier molecular flexibility index (Phi) is 4.37. The second kappa shape index (κ2) is 5.33. The van der Waals surface area contributed by atoms with E-state index in [1.807, 2.05) is 0 Å². The van der Waals surface area contributed by atoms with Crippen molar-refractivity contribution in [1.82, 2.24) is 4.90 Å². The van der Waals surface area contributed by atoms with E-state index in [2.05, 4.69) is 0 Å². The standard InChI is InChI=1S/C8H13NO4S/c1-13-3-6(10)2-9-7(11)4-14-5-8(9)12/h6,10H,2-5H2,1H3. The Labute approximate surface area is 86.4 Å². The number of aliphatic hydroxyl groups is 1. The van der Waals surface area contributed by atoms with Crippen molar-refractivity contribution >= 4 is 23.6 Å². The molecule has 1 heterocycles. The number of carbonyl (C=O) groups is 2. The van der Waals surface area contributed by atoms with Gasteiger partial charge in [-0.1, -0.05) is 0 Å². The summed E-state index contributed by atoms with van der Waals surface area (Å²) in [6.45, 7) is 0.163. The first kappa shape index (κ1) is 11.5. The molecule has 0 aromatic rings. The molecule has 14 heavy (non-hydrogen) atoms. The van der Waals surface area contributed by atoms with Gasteiger partial charge in [-0.3, -0.25) is 14.5 Å². The lowest BCUT2D eigenvalue weighted by Gasteiger charge is -2.26. The highest BCUT2D eigenvalue weighted by Crippen LogP contribution is 2.12. The zero-order valence-electron chi connectivity index (χ0n) is 7.93. The Morgan fingerprint density at radius 1 is 1.50 bits per heavy atom. The number of rotatable bonds is 4. The zero-order valence-corrected chi connectivity index (χ0v) is 8.75. The number of amides is 2. The first-order valence-corrected chi connectivity index (χ1v) is 5.38. The minimum atomic E-state index is -0.795. The predicted molar refractivity (Wildman–Crippen MR) is 51.9 cm³/mol. The summed E-state index contributed by atoms with van der Waals surface area (Å²) in [6.07, 6.45) is -0.795. The Balaban J connectivity index is 2.47. The van der Waals surface area contributed by atoms with Gasteiger partial charge in [0.2, 0.25) is 11.8 Å². The molecule has 0 saturated carbocycles. The molecule has 1 rings (SSSR count). The highest BCUT2D eigenvalue weighted by Gasteiger charge is 2.27. The molecule has 0 spiro atoms. The Morgan fingerprint density at radius 2 is 2.07 bits per heavy atom. The summed E-state index contributed by atoms with van der Waals surface area (Å²) in [6, 6.07) is 0. The molecule has 1 N–H and O–H groups in total. The lowest BCUT2D eigenvalue weighted by atomic mass is 10.3. The molecule has 6 heteroatoms. The molecule has 1 saturated heterocycles. The van der Waals surface area contributed by atoms with Gasteiger partial charge in [-0.05, 0) is 0 Å². The summed E-state index contributed by atoms with van der Waals surface area (Å²) in [7, 11) is 1.46. The zero-order chi connectivity index (χ0) is 10.6. The van der Waals surface area contributed by atoms with E-state index in [0.29, 0.717) is 11.5 Å². The van der Waals surface area contributed by atoms with E-state index in [1.165, 1.54) is 18.9 Å². The summed E-state index contributed by atoms with van der Waals surface area (Å²) in [4.78, 5) is 23.7. The molecule has 1 fully saturated rings. The first-order valence-electron chi connectivity index (χ1n) is 4.23. The molecule has 1 unspecified atom stereocenters. The molecule has 2 amide bonds. The van der Waals surface area contributed by atoms with Gasteiger partial charge in [0.25, 0.3) is 0 Å². The van der Waals surface area contributed by atoms with Crippen LogP contribution in [-0.4, -0.2) is 59.7 Å². The van der Waals surface area contributed by atoms with E-state index >= 15 is 0 Å². The quantitative estimate of drug-likeness (QED) is 0.620. The number of aliphatic hydroxyl groups excluding tert-OH is 1.